The predicted octanol–water partition coefficient (Wildman–Crippen LogP) is 8.03. The van der Waals surface area contributed by atoms with Gasteiger partial charge in [-0.25, -0.2) is 8.42 Å². The molecule has 0 aliphatic heterocycles. The molecule has 0 aliphatic carbocycles. The zero-order valence-electron chi connectivity index (χ0n) is 27.1. The van der Waals surface area contributed by atoms with Crippen molar-refractivity contribution in [2.45, 2.75) is 31.8 Å². The highest BCUT2D eigenvalue weighted by atomic mass is 35.5. The number of ether oxygens (including phenoxy) is 2. The average Bonchev–Trinajstić information content (AvgIpc) is 3.11. The summed E-state index contributed by atoms with van der Waals surface area (Å²) >= 11 is 6.02. The maximum Gasteiger partial charge on any atom is 0.255 e. The van der Waals surface area contributed by atoms with Crippen molar-refractivity contribution in [1.29, 1.82) is 0 Å². The van der Waals surface area contributed by atoms with E-state index in [1.165, 1.54) is 16.4 Å². The van der Waals surface area contributed by atoms with Crippen LogP contribution in [0.5, 0.6) is 11.5 Å². The zero-order valence-corrected chi connectivity index (χ0v) is 28.6. The summed E-state index contributed by atoms with van der Waals surface area (Å²) in [5.41, 5.74) is 3.11. The van der Waals surface area contributed by atoms with Crippen molar-refractivity contribution in [3.63, 3.8) is 0 Å². The van der Waals surface area contributed by atoms with Gasteiger partial charge in [0.2, 0.25) is 10.0 Å². The second-order valence-corrected chi connectivity index (χ2v) is 13.3. The maximum atomic E-state index is 13.7. The fourth-order valence-electron chi connectivity index (χ4n) is 5.02. The summed E-state index contributed by atoms with van der Waals surface area (Å²) in [6.45, 7) is 4.50. The number of carbonyl (C=O) groups is 2. The first-order valence-corrected chi connectivity index (χ1v) is 17.5. The molecule has 9 nitrogen and oxygen atoms in total. The molecule has 0 fully saturated rings. The Morgan fingerprint density at radius 2 is 1.08 bits per heavy atom. The number of amides is 2. The maximum absolute atomic E-state index is 13.7. The quantitative estimate of drug-likeness (QED) is 0.121. The second-order valence-electron chi connectivity index (χ2n) is 10.9. The Morgan fingerprint density at radius 1 is 0.633 bits per heavy atom. The molecule has 0 spiro atoms. The summed E-state index contributed by atoms with van der Waals surface area (Å²) in [6.07, 6.45) is 0. The first-order valence-electron chi connectivity index (χ1n) is 15.7. The molecule has 11 heteroatoms. The van der Waals surface area contributed by atoms with Crippen molar-refractivity contribution in [1.82, 2.24) is 4.31 Å². The topological polar surface area (TPSA) is 114 Å². The molecule has 49 heavy (non-hydrogen) atoms. The predicted molar refractivity (Wildman–Crippen MR) is 192 cm³/mol. The third-order valence-electron chi connectivity index (χ3n) is 7.44. The number of sulfonamides is 1. The Bertz CT molecular complexity index is 1990. The lowest BCUT2D eigenvalue weighted by Gasteiger charge is -2.23. The highest BCUT2D eigenvalue weighted by Gasteiger charge is 2.25. The summed E-state index contributed by atoms with van der Waals surface area (Å²) in [5.74, 6) is -0.0142. The van der Waals surface area contributed by atoms with Crippen molar-refractivity contribution in [3.8, 4) is 11.5 Å². The van der Waals surface area contributed by atoms with Crippen LogP contribution < -0.4 is 20.1 Å². The van der Waals surface area contributed by atoms with Crippen LogP contribution in [0.1, 0.15) is 45.7 Å². The van der Waals surface area contributed by atoms with Gasteiger partial charge < -0.3 is 20.1 Å². The van der Waals surface area contributed by atoms with E-state index in [4.69, 9.17) is 21.1 Å². The Kier molecular flexibility index (Phi) is 11.7. The molecule has 5 aromatic rings. The Hall–Kier alpha value is -5.16. The largest absolute Gasteiger partial charge is 0.492 e. The number of benzene rings is 5. The van der Waals surface area contributed by atoms with Crippen LogP contribution in [-0.4, -0.2) is 37.8 Å². The molecule has 0 bridgehead atoms. The molecule has 0 unspecified atom stereocenters. The average molecular weight is 698 g/mol. The summed E-state index contributed by atoms with van der Waals surface area (Å²) in [7, 11) is -3.88. The molecule has 5 rings (SSSR count). The number of halogens is 1. The van der Waals surface area contributed by atoms with Crippen molar-refractivity contribution >= 4 is 44.8 Å². The first kappa shape index (κ1) is 35.2. The number of carbonyl (C=O) groups excluding carboxylic acids is 2. The molecule has 2 N–H and O–H groups in total. The standard InChI is InChI=1S/C38H36ClN3O6S/c1-3-47-35-24-34(36(48-4-2)23-33(35)40-37(43)29-13-9-6-10-14-29)41-38(44)30-17-15-28(16-18-30)26-42(25-27-11-7-5-8-12-27)49(45,46)32-21-19-31(39)20-22-32/h5-24H,3-4,25-26H2,1-2H3,(H,40,43)(H,41,44). The second kappa shape index (κ2) is 16.3. The van der Waals surface area contributed by atoms with Crippen LogP contribution in [0.3, 0.4) is 0 Å². The third kappa shape index (κ3) is 9.05. The van der Waals surface area contributed by atoms with Gasteiger partial charge in [0.05, 0.1) is 29.5 Å². The van der Waals surface area contributed by atoms with E-state index in [-0.39, 0.29) is 23.9 Å². The number of hydrogen-bond acceptors (Lipinski definition) is 6. The van der Waals surface area contributed by atoms with Crippen LogP contribution in [0.4, 0.5) is 11.4 Å². The van der Waals surface area contributed by atoms with E-state index in [1.54, 1.807) is 72.8 Å². The van der Waals surface area contributed by atoms with Gasteiger partial charge >= 0.3 is 0 Å². The monoisotopic (exact) mass is 697 g/mol. The molecular weight excluding hydrogens is 662 g/mol. The minimum atomic E-state index is -3.88. The van der Waals surface area contributed by atoms with Crippen molar-refractivity contribution in [2.75, 3.05) is 23.8 Å². The molecule has 5 aromatic carbocycles. The van der Waals surface area contributed by atoms with E-state index in [9.17, 15) is 18.0 Å². The van der Waals surface area contributed by atoms with Gasteiger partial charge in [0.25, 0.3) is 11.8 Å². The lowest BCUT2D eigenvalue weighted by molar-refractivity contribution is 0.101. The molecule has 0 saturated heterocycles. The van der Waals surface area contributed by atoms with Crippen LogP contribution >= 0.6 is 11.6 Å². The zero-order chi connectivity index (χ0) is 34.8. The lowest BCUT2D eigenvalue weighted by atomic mass is 10.1. The Balaban J connectivity index is 1.36. The normalized spacial score (nSPS) is 11.2. The van der Waals surface area contributed by atoms with Crippen molar-refractivity contribution < 1.29 is 27.5 Å². The van der Waals surface area contributed by atoms with Gasteiger partial charge in [-0.15, -0.1) is 0 Å². The van der Waals surface area contributed by atoms with E-state index in [0.717, 1.165) is 5.56 Å². The van der Waals surface area contributed by atoms with Gasteiger partial charge in [-0.05, 0) is 73.5 Å². The molecule has 0 saturated carbocycles. The van der Waals surface area contributed by atoms with E-state index in [1.807, 2.05) is 50.2 Å². The van der Waals surface area contributed by atoms with Crippen LogP contribution in [-0.2, 0) is 23.1 Å². The van der Waals surface area contributed by atoms with Crippen LogP contribution in [0.25, 0.3) is 0 Å². The van der Waals surface area contributed by atoms with Crippen LogP contribution in [0, 0.1) is 0 Å². The fraction of sp³-hybridized carbons (Fsp3) is 0.158. The lowest BCUT2D eigenvalue weighted by Crippen LogP contribution is -2.30. The van der Waals surface area contributed by atoms with Gasteiger partial charge in [0.15, 0.2) is 0 Å². The van der Waals surface area contributed by atoms with E-state index in [0.29, 0.717) is 57.8 Å². The van der Waals surface area contributed by atoms with E-state index in [2.05, 4.69) is 10.6 Å². The smallest absolute Gasteiger partial charge is 0.255 e. The number of nitrogens with zero attached hydrogens (tertiary/aromatic N) is 1. The van der Waals surface area contributed by atoms with Crippen LogP contribution in [0.2, 0.25) is 5.02 Å². The molecule has 0 heterocycles. The summed E-state index contributed by atoms with van der Waals surface area (Å²) in [5, 5.41) is 6.21. The third-order valence-corrected chi connectivity index (χ3v) is 9.50. The van der Waals surface area contributed by atoms with Gasteiger partial charge in [-0.2, -0.15) is 4.31 Å². The summed E-state index contributed by atoms with van der Waals surface area (Å²) in [6, 6.07) is 34.2. The van der Waals surface area contributed by atoms with Crippen molar-refractivity contribution in [3.05, 3.63) is 149 Å². The highest BCUT2D eigenvalue weighted by molar-refractivity contribution is 7.89. The first-order chi connectivity index (χ1) is 23.7. The summed E-state index contributed by atoms with van der Waals surface area (Å²) < 4.78 is 40.5. The van der Waals surface area contributed by atoms with Gasteiger partial charge in [-0.3, -0.25) is 9.59 Å². The molecule has 0 aromatic heterocycles. The SMILES string of the molecule is CCOc1cc(NC(=O)c2ccc(CN(Cc3ccccc3)S(=O)(=O)c3ccc(Cl)cc3)cc2)c(OCC)cc1NC(=O)c1ccccc1. The molecule has 252 valence electrons. The molecule has 0 radical (unpaired) electrons. The van der Waals surface area contributed by atoms with Crippen LogP contribution in [0.15, 0.2) is 126 Å². The number of anilines is 2. The minimum Gasteiger partial charge on any atom is -0.492 e. The number of hydrogen-bond donors (Lipinski definition) is 2. The Labute approximate surface area is 291 Å². The summed E-state index contributed by atoms with van der Waals surface area (Å²) in [4.78, 5) is 26.5. The van der Waals surface area contributed by atoms with Gasteiger partial charge in [0, 0.05) is 41.4 Å². The highest BCUT2D eigenvalue weighted by Crippen LogP contribution is 2.37. The number of nitrogens with one attached hydrogen (secondary N) is 2. The Morgan fingerprint density at radius 3 is 1.57 bits per heavy atom. The fourth-order valence-corrected chi connectivity index (χ4v) is 6.56. The van der Waals surface area contributed by atoms with Crippen molar-refractivity contribution in [2.24, 2.45) is 0 Å². The molecular formula is C38H36ClN3O6S. The van der Waals surface area contributed by atoms with Gasteiger partial charge in [0.1, 0.15) is 11.5 Å². The molecule has 0 aliphatic rings. The van der Waals surface area contributed by atoms with E-state index < -0.39 is 15.9 Å². The van der Waals surface area contributed by atoms with Gasteiger partial charge in [-0.1, -0.05) is 72.3 Å². The minimum absolute atomic E-state index is 0.0735. The number of rotatable bonds is 14. The molecule has 0 atom stereocenters. The molecule has 2 amide bonds. The van der Waals surface area contributed by atoms with E-state index >= 15 is 0 Å².